The lowest BCUT2D eigenvalue weighted by Crippen LogP contribution is -2.43. The quantitative estimate of drug-likeness (QED) is 0.264. The summed E-state index contributed by atoms with van der Waals surface area (Å²) in [6.45, 7) is 9.14. The molecule has 2 unspecified atom stereocenters. The molecule has 2 saturated heterocycles. The molecule has 2 aliphatic rings. The highest BCUT2D eigenvalue weighted by Gasteiger charge is 2.34. The Hall–Kier alpha value is -1.64. The van der Waals surface area contributed by atoms with E-state index in [1.165, 1.54) is 16.7 Å². The Bertz CT molecular complexity index is 882. The fourth-order valence-electron chi connectivity index (χ4n) is 5.07. The van der Waals surface area contributed by atoms with Gasteiger partial charge in [0.25, 0.3) is 0 Å². The normalized spacial score (nSPS) is 22.5. The van der Waals surface area contributed by atoms with E-state index < -0.39 is 0 Å². The first-order chi connectivity index (χ1) is 16.2. The summed E-state index contributed by atoms with van der Waals surface area (Å²) in [6, 6.07) is 19.6. The second-order valence-electron chi connectivity index (χ2n) is 9.44. The lowest BCUT2D eigenvalue weighted by Gasteiger charge is -2.37. The second kappa shape index (κ2) is 13.4. The molecule has 0 aliphatic carbocycles. The molecular weight excluding hydrogens is 537 g/mol. The molecule has 0 bridgehead atoms. The molecule has 2 heterocycles. The van der Waals surface area contributed by atoms with Gasteiger partial charge in [-0.25, -0.2) is 0 Å². The molecule has 0 radical (unpaired) electrons. The zero-order valence-corrected chi connectivity index (χ0v) is 22.9. The van der Waals surface area contributed by atoms with Crippen molar-refractivity contribution in [1.82, 2.24) is 10.6 Å². The summed E-state index contributed by atoms with van der Waals surface area (Å²) >= 11 is 0. The van der Waals surface area contributed by atoms with Gasteiger partial charge in [-0.2, -0.15) is 0 Å². The summed E-state index contributed by atoms with van der Waals surface area (Å²) in [4.78, 5) is 5.08. The van der Waals surface area contributed by atoms with E-state index in [0.717, 1.165) is 71.1 Å². The number of guanidine groups is 1. The van der Waals surface area contributed by atoms with Crippen LogP contribution in [0.3, 0.4) is 0 Å². The van der Waals surface area contributed by atoms with Gasteiger partial charge in [-0.15, -0.1) is 24.0 Å². The molecule has 0 saturated carbocycles. The van der Waals surface area contributed by atoms with Crippen LogP contribution in [0.4, 0.5) is 0 Å². The number of hydrogen-bond donors (Lipinski definition) is 2. The number of benzene rings is 2. The van der Waals surface area contributed by atoms with Crippen LogP contribution in [0.25, 0.3) is 0 Å². The summed E-state index contributed by atoms with van der Waals surface area (Å²) in [5.74, 6) is 1.32. The Morgan fingerprint density at radius 1 is 1.00 bits per heavy atom. The van der Waals surface area contributed by atoms with Crippen LogP contribution in [0.2, 0.25) is 0 Å². The first-order valence-corrected chi connectivity index (χ1v) is 12.5. The number of halogens is 1. The van der Waals surface area contributed by atoms with E-state index in [-0.39, 0.29) is 35.5 Å². The van der Waals surface area contributed by atoms with Crippen LogP contribution in [0.5, 0.6) is 0 Å². The molecule has 0 aromatic heterocycles. The zero-order chi connectivity index (χ0) is 22.9. The molecule has 34 heavy (non-hydrogen) atoms. The van der Waals surface area contributed by atoms with Crippen molar-refractivity contribution >= 4 is 29.9 Å². The number of ether oxygens (including phenoxy) is 2. The summed E-state index contributed by atoms with van der Waals surface area (Å²) in [5.41, 5.74) is 3.97. The maximum atomic E-state index is 6.22. The molecule has 2 N–H and O–H groups in total. The van der Waals surface area contributed by atoms with Gasteiger partial charge < -0.3 is 20.1 Å². The van der Waals surface area contributed by atoms with Crippen LogP contribution in [0, 0.1) is 12.8 Å². The van der Waals surface area contributed by atoms with Gasteiger partial charge in [0, 0.05) is 44.2 Å². The Kier molecular flexibility index (Phi) is 10.7. The average molecular weight is 578 g/mol. The maximum Gasteiger partial charge on any atom is 0.191 e. The first kappa shape index (κ1) is 27.0. The molecule has 2 aromatic rings. The highest BCUT2D eigenvalue weighted by molar-refractivity contribution is 14.0. The number of aliphatic imine (C=N–C) groups is 1. The van der Waals surface area contributed by atoms with Gasteiger partial charge in [0.1, 0.15) is 0 Å². The van der Waals surface area contributed by atoms with Crippen molar-refractivity contribution in [1.29, 1.82) is 0 Å². The molecular formula is C28H40IN3O2. The fourth-order valence-corrected chi connectivity index (χ4v) is 5.07. The van der Waals surface area contributed by atoms with Gasteiger partial charge in [0.2, 0.25) is 0 Å². The van der Waals surface area contributed by atoms with Crippen LogP contribution >= 0.6 is 24.0 Å². The molecule has 4 rings (SSSR count). The number of nitrogens with zero attached hydrogens (tertiary/aromatic N) is 1. The minimum Gasteiger partial charge on any atom is -0.381 e. The number of aryl methyl sites for hydroxylation is 1. The second-order valence-corrected chi connectivity index (χ2v) is 9.44. The third-order valence-electron chi connectivity index (χ3n) is 7.10. The summed E-state index contributed by atoms with van der Waals surface area (Å²) in [6.07, 6.45) is 4.42. The molecule has 0 amide bonds. The molecule has 2 aliphatic heterocycles. The van der Waals surface area contributed by atoms with Crippen LogP contribution < -0.4 is 10.6 Å². The lowest BCUT2D eigenvalue weighted by atomic mass is 9.74. The van der Waals surface area contributed by atoms with Crippen LogP contribution in [-0.2, 0) is 14.9 Å². The Balaban J connectivity index is 0.00000324. The SMILES string of the molecule is CCNC(=NCC1(c2ccccc2)CCOCC1)NCC1CCCOC1c1ccc(C)cc1.I. The topological polar surface area (TPSA) is 54.9 Å². The van der Waals surface area contributed by atoms with Gasteiger partial charge >= 0.3 is 0 Å². The predicted molar refractivity (Wildman–Crippen MR) is 150 cm³/mol. The number of rotatable bonds is 7. The van der Waals surface area contributed by atoms with Crippen molar-refractivity contribution < 1.29 is 9.47 Å². The Morgan fingerprint density at radius 2 is 1.74 bits per heavy atom. The molecule has 186 valence electrons. The lowest BCUT2D eigenvalue weighted by molar-refractivity contribution is -0.0265. The van der Waals surface area contributed by atoms with E-state index in [4.69, 9.17) is 14.5 Å². The highest BCUT2D eigenvalue weighted by Crippen LogP contribution is 2.35. The van der Waals surface area contributed by atoms with Crippen molar-refractivity contribution in [3.63, 3.8) is 0 Å². The molecule has 6 heteroatoms. The van der Waals surface area contributed by atoms with Gasteiger partial charge in [-0.1, -0.05) is 60.2 Å². The molecule has 0 spiro atoms. The standard InChI is InChI=1S/C28H39N3O2.HI/c1-3-29-27(31-21-28(15-18-32-19-16-28)25-9-5-4-6-10-25)30-20-24-8-7-17-33-26(24)23-13-11-22(2)12-14-23;/h4-6,9-14,24,26H,3,7-8,15-21H2,1-2H3,(H2,29,30,31);1H. The van der Waals surface area contributed by atoms with E-state index in [2.05, 4.69) is 79.1 Å². The predicted octanol–water partition coefficient (Wildman–Crippen LogP) is 5.38. The largest absolute Gasteiger partial charge is 0.381 e. The highest BCUT2D eigenvalue weighted by atomic mass is 127. The fraction of sp³-hybridized carbons (Fsp3) is 0.536. The smallest absolute Gasteiger partial charge is 0.191 e. The van der Waals surface area contributed by atoms with Crippen molar-refractivity contribution in [2.24, 2.45) is 10.9 Å². The van der Waals surface area contributed by atoms with Crippen LogP contribution in [0.15, 0.2) is 59.6 Å². The molecule has 2 atom stereocenters. The van der Waals surface area contributed by atoms with E-state index in [9.17, 15) is 0 Å². The van der Waals surface area contributed by atoms with Gasteiger partial charge in [0.15, 0.2) is 5.96 Å². The minimum atomic E-state index is 0. The Morgan fingerprint density at radius 3 is 2.44 bits per heavy atom. The minimum absolute atomic E-state index is 0. The van der Waals surface area contributed by atoms with Gasteiger partial charge in [-0.05, 0) is 50.7 Å². The summed E-state index contributed by atoms with van der Waals surface area (Å²) in [7, 11) is 0. The maximum absolute atomic E-state index is 6.22. The van der Waals surface area contributed by atoms with Crippen LogP contribution in [0.1, 0.15) is 55.4 Å². The first-order valence-electron chi connectivity index (χ1n) is 12.5. The van der Waals surface area contributed by atoms with Crippen LogP contribution in [-0.4, -0.2) is 45.4 Å². The number of nitrogens with one attached hydrogen (secondary N) is 2. The Labute approximate surface area is 222 Å². The van der Waals surface area contributed by atoms with E-state index in [1.807, 2.05) is 0 Å². The molecule has 5 nitrogen and oxygen atoms in total. The molecule has 2 fully saturated rings. The van der Waals surface area contributed by atoms with Gasteiger partial charge in [-0.3, -0.25) is 4.99 Å². The third-order valence-corrected chi connectivity index (χ3v) is 7.10. The monoisotopic (exact) mass is 577 g/mol. The van der Waals surface area contributed by atoms with Crippen molar-refractivity contribution in [2.45, 2.75) is 51.0 Å². The summed E-state index contributed by atoms with van der Waals surface area (Å²) < 4.78 is 11.9. The summed E-state index contributed by atoms with van der Waals surface area (Å²) in [5, 5.41) is 7.10. The molecule has 2 aromatic carbocycles. The van der Waals surface area contributed by atoms with E-state index in [1.54, 1.807) is 0 Å². The number of hydrogen-bond acceptors (Lipinski definition) is 3. The van der Waals surface area contributed by atoms with Crippen molar-refractivity contribution in [3.05, 3.63) is 71.3 Å². The zero-order valence-electron chi connectivity index (χ0n) is 20.6. The van der Waals surface area contributed by atoms with Crippen molar-refractivity contribution in [3.8, 4) is 0 Å². The van der Waals surface area contributed by atoms with E-state index in [0.29, 0.717) is 5.92 Å². The van der Waals surface area contributed by atoms with Gasteiger partial charge in [0.05, 0.1) is 12.6 Å². The van der Waals surface area contributed by atoms with Crippen molar-refractivity contribution in [2.75, 3.05) is 39.5 Å². The average Bonchev–Trinajstić information content (AvgIpc) is 2.87. The third kappa shape index (κ3) is 6.95. The van der Waals surface area contributed by atoms with E-state index >= 15 is 0 Å².